The first kappa shape index (κ1) is 14.5. The molecule has 0 atom stereocenters. The highest BCUT2D eigenvalue weighted by molar-refractivity contribution is 6.02. The number of anilines is 1. The summed E-state index contributed by atoms with van der Waals surface area (Å²) in [5.41, 5.74) is 1.10. The van der Waals surface area contributed by atoms with Crippen molar-refractivity contribution in [3.05, 3.63) is 65.7 Å². The van der Waals surface area contributed by atoms with E-state index in [1.165, 1.54) is 19.1 Å². The van der Waals surface area contributed by atoms with Gasteiger partial charge in [0.1, 0.15) is 0 Å². The van der Waals surface area contributed by atoms with Crippen LogP contribution in [0, 0.1) is 0 Å². The number of hydrogen-bond acceptors (Lipinski definition) is 4. The largest absolute Gasteiger partial charge is 0.386 e. The standard InChI is InChI=1S/C16H13NO4/c1-11(18)17-14-9-7-13(8-10-14)16(20)21-15(19)12-5-3-2-4-6-12/h2-10H,1H3,(H,17,18). The summed E-state index contributed by atoms with van der Waals surface area (Å²) in [6.07, 6.45) is 0. The van der Waals surface area contributed by atoms with Crippen LogP contribution < -0.4 is 5.32 Å². The van der Waals surface area contributed by atoms with Crippen molar-refractivity contribution < 1.29 is 19.1 Å². The molecule has 0 bridgehead atoms. The fourth-order valence-electron chi connectivity index (χ4n) is 1.67. The number of hydrogen-bond donors (Lipinski definition) is 1. The second kappa shape index (κ2) is 6.47. The first-order valence-corrected chi connectivity index (χ1v) is 6.25. The molecule has 2 aromatic carbocycles. The molecule has 0 radical (unpaired) electrons. The van der Waals surface area contributed by atoms with Crippen LogP contribution in [0.1, 0.15) is 27.6 Å². The van der Waals surface area contributed by atoms with Crippen molar-refractivity contribution in [2.75, 3.05) is 5.32 Å². The Morgan fingerprint density at radius 1 is 0.810 bits per heavy atom. The van der Waals surface area contributed by atoms with Crippen molar-refractivity contribution in [2.45, 2.75) is 6.92 Å². The molecule has 0 spiro atoms. The molecular weight excluding hydrogens is 270 g/mol. The third-order valence-electron chi connectivity index (χ3n) is 2.64. The Balaban J connectivity index is 2.03. The first-order chi connectivity index (χ1) is 10.1. The Morgan fingerprint density at radius 2 is 1.33 bits per heavy atom. The van der Waals surface area contributed by atoms with Crippen molar-refractivity contribution >= 4 is 23.5 Å². The van der Waals surface area contributed by atoms with E-state index in [1.54, 1.807) is 42.5 Å². The predicted molar refractivity (Wildman–Crippen MR) is 76.9 cm³/mol. The van der Waals surface area contributed by atoms with Gasteiger partial charge in [-0.1, -0.05) is 18.2 Å². The van der Waals surface area contributed by atoms with Gasteiger partial charge in [-0.2, -0.15) is 0 Å². The molecular formula is C16H13NO4. The van der Waals surface area contributed by atoms with E-state index in [-0.39, 0.29) is 11.5 Å². The summed E-state index contributed by atoms with van der Waals surface area (Å²) >= 11 is 0. The van der Waals surface area contributed by atoms with Crippen LogP contribution >= 0.6 is 0 Å². The lowest BCUT2D eigenvalue weighted by Gasteiger charge is -2.05. The molecule has 1 N–H and O–H groups in total. The minimum absolute atomic E-state index is 0.204. The molecule has 0 aromatic heterocycles. The molecule has 0 aliphatic carbocycles. The number of esters is 2. The zero-order chi connectivity index (χ0) is 15.2. The van der Waals surface area contributed by atoms with Crippen LogP contribution in [0.2, 0.25) is 0 Å². The number of nitrogens with one attached hydrogen (secondary N) is 1. The van der Waals surface area contributed by atoms with Gasteiger partial charge in [-0.3, -0.25) is 4.79 Å². The van der Waals surface area contributed by atoms with Crippen LogP contribution in [-0.4, -0.2) is 17.8 Å². The lowest BCUT2D eigenvalue weighted by atomic mass is 10.2. The minimum Gasteiger partial charge on any atom is -0.386 e. The lowest BCUT2D eigenvalue weighted by molar-refractivity contribution is -0.114. The molecule has 0 aliphatic heterocycles. The smallest absolute Gasteiger partial charge is 0.346 e. The summed E-state index contributed by atoms with van der Waals surface area (Å²) in [4.78, 5) is 34.5. The fraction of sp³-hybridized carbons (Fsp3) is 0.0625. The summed E-state index contributed by atoms with van der Waals surface area (Å²) in [6.45, 7) is 1.39. The highest BCUT2D eigenvalue weighted by Crippen LogP contribution is 2.11. The lowest BCUT2D eigenvalue weighted by Crippen LogP contribution is -2.13. The van der Waals surface area contributed by atoms with Gasteiger partial charge in [0.25, 0.3) is 0 Å². The first-order valence-electron chi connectivity index (χ1n) is 6.25. The van der Waals surface area contributed by atoms with E-state index in [9.17, 15) is 14.4 Å². The molecule has 5 heteroatoms. The van der Waals surface area contributed by atoms with E-state index in [2.05, 4.69) is 5.32 Å². The fourth-order valence-corrected chi connectivity index (χ4v) is 1.67. The van der Waals surface area contributed by atoms with Crippen molar-refractivity contribution in [1.82, 2.24) is 0 Å². The topological polar surface area (TPSA) is 72.5 Å². The highest BCUT2D eigenvalue weighted by Gasteiger charge is 2.14. The van der Waals surface area contributed by atoms with E-state index in [0.29, 0.717) is 11.3 Å². The molecule has 0 saturated heterocycles. The van der Waals surface area contributed by atoms with Crippen LogP contribution in [0.3, 0.4) is 0 Å². The van der Waals surface area contributed by atoms with Crippen LogP contribution in [0.15, 0.2) is 54.6 Å². The third kappa shape index (κ3) is 4.01. The summed E-state index contributed by atoms with van der Waals surface area (Å²) in [6, 6.07) is 14.3. The second-order valence-electron chi connectivity index (χ2n) is 4.30. The zero-order valence-corrected chi connectivity index (χ0v) is 11.3. The molecule has 106 valence electrons. The molecule has 0 fully saturated rings. The van der Waals surface area contributed by atoms with Gasteiger partial charge in [-0.05, 0) is 36.4 Å². The van der Waals surface area contributed by atoms with E-state index >= 15 is 0 Å². The number of carbonyl (C=O) groups is 3. The quantitative estimate of drug-likeness (QED) is 0.694. The normalized spacial score (nSPS) is 9.76. The van der Waals surface area contributed by atoms with Gasteiger partial charge in [0.15, 0.2) is 0 Å². The van der Waals surface area contributed by atoms with Crippen LogP contribution in [0.4, 0.5) is 5.69 Å². The van der Waals surface area contributed by atoms with Gasteiger partial charge >= 0.3 is 11.9 Å². The van der Waals surface area contributed by atoms with Crippen LogP contribution in [0.25, 0.3) is 0 Å². The number of amides is 1. The Bertz CT molecular complexity index is 662. The van der Waals surface area contributed by atoms with Gasteiger partial charge in [-0.15, -0.1) is 0 Å². The van der Waals surface area contributed by atoms with Gasteiger partial charge in [0.2, 0.25) is 5.91 Å². The predicted octanol–water partition coefficient (Wildman–Crippen LogP) is 2.64. The van der Waals surface area contributed by atoms with E-state index < -0.39 is 11.9 Å². The summed E-state index contributed by atoms with van der Waals surface area (Å²) in [5.74, 6) is -1.64. The molecule has 0 aliphatic rings. The van der Waals surface area contributed by atoms with E-state index in [0.717, 1.165) is 0 Å². The average molecular weight is 283 g/mol. The highest BCUT2D eigenvalue weighted by atomic mass is 16.6. The molecule has 2 aromatic rings. The maximum atomic E-state index is 11.8. The number of carbonyl (C=O) groups excluding carboxylic acids is 3. The van der Waals surface area contributed by atoms with Gasteiger partial charge in [-0.25, -0.2) is 9.59 Å². The van der Waals surface area contributed by atoms with Crippen molar-refractivity contribution in [3.8, 4) is 0 Å². The summed E-state index contributed by atoms with van der Waals surface area (Å²) < 4.78 is 4.78. The van der Waals surface area contributed by atoms with Crippen molar-refractivity contribution in [3.63, 3.8) is 0 Å². The zero-order valence-electron chi connectivity index (χ0n) is 11.3. The summed E-state index contributed by atoms with van der Waals surface area (Å²) in [7, 11) is 0. The Morgan fingerprint density at radius 3 is 1.86 bits per heavy atom. The monoisotopic (exact) mass is 283 g/mol. The Labute approximate surface area is 121 Å². The van der Waals surface area contributed by atoms with E-state index in [1.807, 2.05) is 0 Å². The Hall–Kier alpha value is -2.95. The molecule has 21 heavy (non-hydrogen) atoms. The van der Waals surface area contributed by atoms with Crippen molar-refractivity contribution in [2.24, 2.45) is 0 Å². The molecule has 0 unspecified atom stereocenters. The van der Waals surface area contributed by atoms with Gasteiger partial charge in [0, 0.05) is 12.6 Å². The van der Waals surface area contributed by atoms with Crippen molar-refractivity contribution in [1.29, 1.82) is 0 Å². The van der Waals surface area contributed by atoms with Gasteiger partial charge < -0.3 is 10.1 Å². The minimum atomic E-state index is -0.738. The molecule has 0 heterocycles. The number of ether oxygens (including phenoxy) is 1. The number of benzene rings is 2. The number of rotatable bonds is 3. The van der Waals surface area contributed by atoms with Crippen LogP contribution in [0.5, 0.6) is 0 Å². The molecule has 1 amide bonds. The summed E-state index contributed by atoms with van der Waals surface area (Å²) in [5, 5.41) is 2.58. The third-order valence-corrected chi connectivity index (χ3v) is 2.64. The van der Waals surface area contributed by atoms with Gasteiger partial charge in [0.05, 0.1) is 11.1 Å². The van der Waals surface area contributed by atoms with Crippen LogP contribution in [-0.2, 0) is 9.53 Å². The maximum absolute atomic E-state index is 11.8. The molecule has 5 nitrogen and oxygen atoms in total. The average Bonchev–Trinajstić information content (AvgIpc) is 2.48. The SMILES string of the molecule is CC(=O)Nc1ccc(C(=O)OC(=O)c2ccccc2)cc1. The maximum Gasteiger partial charge on any atom is 0.346 e. The Kier molecular flexibility index (Phi) is 4.46. The molecule has 2 rings (SSSR count). The van der Waals surface area contributed by atoms with E-state index in [4.69, 9.17) is 4.74 Å². The molecule has 0 saturated carbocycles. The second-order valence-corrected chi connectivity index (χ2v) is 4.30.